The van der Waals surface area contributed by atoms with Crippen LogP contribution < -0.4 is 20.1 Å². The first-order valence-corrected chi connectivity index (χ1v) is 12.9. The van der Waals surface area contributed by atoms with Crippen LogP contribution in [0.25, 0.3) is 0 Å². The lowest BCUT2D eigenvalue weighted by atomic mass is 10.1. The fourth-order valence-electron chi connectivity index (χ4n) is 5.09. The average molecular weight is 516 g/mol. The van der Waals surface area contributed by atoms with Gasteiger partial charge in [0.15, 0.2) is 11.5 Å². The lowest BCUT2D eigenvalue weighted by molar-refractivity contribution is 0.0488. The maximum absolute atomic E-state index is 13.2. The summed E-state index contributed by atoms with van der Waals surface area (Å²) < 4.78 is 16.5. The Hall–Kier alpha value is -4.04. The van der Waals surface area contributed by atoms with Crippen LogP contribution in [0.2, 0.25) is 0 Å². The number of methoxy groups -OCH3 is 2. The normalized spacial score (nSPS) is 18.3. The quantitative estimate of drug-likeness (QED) is 0.416. The molecular weight excluding hydrogens is 482 g/mol. The first-order valence-electron chi connectivity index (χ1n) is 12.9. The standard InChI is InChI=1S/C30H33N3O5/c1-36-26-13-12-20(17-27(26)37-2)14-15-31-29(34)21-7-5-8-22(18-21)32-28-24-10-3-4-11-25(24)30(35)33(28)19-23-9-6-16-38-23/h3-5,7-8,10-13,17-18,23,28,32H,6,9,14-16,19H2,1-2H3,(H,31,34). The highest BCUT2D eigenvalue weighted by Gasteiger charge is 2.38. The van der Waals surface area contributed by atoms with Crippen LogP contribution in [-0.4, -0.2) is 56.7 Å². The highest BCUT2D eigenvalue weighted by atomic mass is 16.5. The van der Waals surface area contributed by atoms with Gasteiger partial charge in [0.1, 0.15) is 6.17 Å². The fraction of sp³-hybridized carbons (Fsp3) is 0.333. The molecule has 0 bridgehead atoms. The maximum atomic E-state index is 13.2. The van der Waals surface area contributed by atoms with E-state index in [2.05, 4.69) is 10.6 Å². The molecule has 8 heteroatoms. The minimum atomic E-state index is -0.328. The van der Waals surface area contributed by atoms with Gasteiger partial charge >= 0.3 is 0 Å². The van der Waals surface area contributed by atoms with Crippen LogP contribution >= 0.6 is 0 Å². The van der Waals surface area contributed by atoms with Gasteiger partial charge < -0.3 is 29.7 Å². The summed E-state index contributed by atoms with van der Waals surface area (Å²) in [5.41, 5.74) is 3.98. The number of nitrogens with one attached hydrogen (secondary N) is 2. The van der Waals surface area contributed by atoms with Gasteiger partial charge in [-0.05, 0) is 61.2 Å². The third-order valence-electron chi connectivity index (χ3n) is 7.06. The van der Waals surface area contributed by atoms with Crippen molar-refractivity contribution in [3.8, 4) is 11.5 Å². The van der Waals surface area contributed by atoms with Gasteiger partial charge in [0.05, 0.1) is 20.3 Å². The molecular formula is C30H33N3O5. The SMILES string of the molecule is COc1ccc(CCNC(=O)c2cccc(NC3c4ccccc4C(=O)N3CC3CCCO3)c2)cc1OC. The van der Waals surface area contributed by atoms with Gasteiger partial charge in [0.25, 0.3) is 11.8 Å². The van der Waals surface area contributed by atoms with Gasteiger partial charge in [-0.15, -0.1) is 0 Å². The predicted octanol–water partition coefficient (Wildman–Crippen LogP) is 4.42. The first-order chi connectivity index (χ1) is 18.6. The number of amides is 2. The smallest absolute Gasteiger partial charge is 0.256 e. The number of carbonyl (C=O) groups excluding carboxylic acids is 2. The highest BCUT2D eigenvalue weighted by Crippen LogP contribution is 2.35. The molecule has 1 fully saturated rings. The Kier molecular flexibility index (Phi) is 7.79. The van der Waals surface area contributed by atoms with Crippen molar-refractivity contribution in [1.82, 2.24) is 10.2 Å². The number of ether oxygens (including phenoxy) is 3. The second-order valence-corrected chi connectivity index (χ2v) is 9.50. The zero-order chi connectivity index (χ0) is 26.5. The Bertz CT molecular complexity index is 1300. The number of rotatable bonds is 10. The number of benzene rings is 3. The van der Waals surface area contributed by atoms with Crippen LogP contribution in [0.4, 0.5) is 5.69 Å². The maximum Gasteiger partial charge on any atom is 0.256 e. The number of anilines is 1. The molecule has 3 aromatic rings. The fourth-order valence-corrected chi connectivity index (χ4v) is 5.09. The van der Waals surface area contributed by atoms with Crippen LogP contribution in [0.15, 0.2) is 66.7 Å². The van der Waals surface area contributed by atoms with Gasteiger partial charge in [-0.3, -0.25) is 9.59 Å². The Morgan fingerprint density at radius 1 is 1.03 bits per heavy atom. The van der Waals surface area contributed by atoms with Gasteiger partial charge in [-0.1, -0.05) is 30.3 Å². The van der Waals surface area contributed by atoms with Crippen LogP contribution in [-0.2, 0) is 11.2 Å². The molecule has 2 aliphatic heterocycles. The number of carbonyl (C=O) groups is 2. The van der Waals surface area contributed by atoms with E-state index in [0.717, 1.165) is 36.3 Å². The molecule has 0 aliphatic carbocycles. The number of hydrogen-bond donors (Lipinski definition) is 2. The summed E-state index contributed by atoms with van der Waals surface area (Å²) in [6.07, 6.45) is 2.34. The Morgan fingerprint density at radius 3 is 2.66 bits per heavy atom. The predicted molar refractivity (Wildman–Crippen MR) is 145 cm³/mol. The van der Waals surface area contributed by atoms with Crippen molar-refractivity contribution in [2.24, 2.45) is 0 Å². The summed E-state index contributed by atoms with van der Waals surface area (Å²) in [5, 5.41) is 6.49. The van der Waals surface area contributed by atoms with E-state index in [1.165, 1.54) is 0 Å². The number of nitrogens with zero attached hydrogens (tertiary/aromatic N) is 1. The summed E-state index contributed by atoms with van der Waals surface area (Å²) in [6, 6.07) is 20.8. The molecule has 0 spiro atoms. The van der Waals surface area contributed by atoms with Gasteiger partial charge in [0.2, 0.25) is 0 Å². The molecule has 5 rings (SSSR count). The third-order valence-corrected chi connectivity index (χ3v) is 7.06. The van der Waals surface area contributed by atoms with E-state index in [0.29, 0.717) is 42.1 Å². The summed E-state index contributed by atoms with van der Waals surface area (Å²) in [5.74, 6) is 1.17. The van der Waals surface area contributed by atoms with Crippen molar-refractivity contribution in [2.75, 3.05) is 39.2 Å². The lowest BCUT2D eigenvalue weighted by Gasteiger charge is -2.29. The average Bonchev–Trinajstić information content (AvgIpc) is 3.56. The van der Waals surface area contributed by atoms with Crippen molar-refractivity contribution >= 4 is 17.5 Å². The van der Waals surface area contributed by atoms with E-state index in [1.807, 2.05) is 65.6 Å². The molecule has 0 saturated carbocycles. The molecule has 8 nitrogen and oxygen atoms in total. The van der Waals surface area contributed by atoms with E-state index in [4.69, 9.17) is 14.2 Å². The van der Waals surface area contributed by atoms with Crippen LogP contribution in [0.5, 0.6) is 11.5 Å². The largest absolute Gasteiger partial charge is 0.493 e. The summed E-state index contributed by atoms with van der Waals surface area (Å²) in [6.45, 7) is 1.74. The van der Waals surface area contributed by atoms with E-state index >= 15 is 0 Å². The molecule has 2 N–H and O–H groups in total. The van der Waals surface area contributed by atoms with Crippen LogP contribution in [0.1, 0.15) is 50.9 Å². The topological polar surface area (TPSA) is 89.1 Å². The Morgan fingerprint density at radius 2 is 1.87 bits per heavy atom. The van der Waals surface area contributed by atoms with Gasteiger partial charge in [0, 0.05) is 42.1 Å². The molecule has 3 aromatic carbocycles. The number of hydrogen-bond acceptors (Lipinski definition) is 6. The summed E-state index contributed by atoms with van der Waals surface area (Å²) in [4.78, 5) is 28.0. The van der Waals surface area contributed by atoms with Crippen molar-refractivity contribution in [1.29, 1.82) is 0 Å². The van der Waals surface area contributed by atoms with Crippen molar-refractivity contribution in [3.63, 3.8) is 0 Å². The summed E-state index contributed by atoms with van der Waals surface area (Å²) >= 11 is 0. The molecule has 1 saturated heterocycles. The third kappa shape index (κ3) is 5.45. The van der Waals surface area contributed by atoms with Crippen LogP contribution in [0.3, 0.4) is 0 Å². The van der Waals surface area contributed by atoms with E-state index < -0.39 is 0 Å². The molecule has 0 aromatic heterocycles. The molecule has 0 radical (unpaired) electrons. The molecule has 2 aliphatic rings. The monoisotopic (exact) mass is 515 g/mol. The summed E-state index contributed by atoms with van der Waals surface area (Å²) in [7, 11) is 3.21. The molecule has 2 unspecified atom stereocenters. The minimum absolute atomic E-state index is 0.00217. The second-order valence-electron chi connectivity index (χ2n) is 9.50. The van der Waals surface area contributed by atoms with Crippen LogP contribution in [0, 0.1) is 0 Å². The molecule has 2 heterocycles. The lowest BCUT2D eigenvalue weighted by Crippen LogP contribution is -2.38. The Balaban J connectivity index is 1.25. The molecule has 2 atom stereocenters. The molecule has 38 heavy (non-hydrogen) atoms. The van der Waals surface area contributed by atoms with Crippen molar-refractivity contribution in [3.05, 3.63) is 89.0 Å². The minimum Gasteiger partial charge on any atom is -0.493 e. The van der Waals surface area contributed by atoms with Crippen molar-refractivity contribution in [2.45, 2.75) is 31.5 Å². The van der Waals surface area contributed by atoms with E-state index in [9.17, 15) is 9.59 Å². The van der Waals surface area contributed by atoms with Gasteiger partial charge in [-0.2, -0.15) is 0 Å². The van der Waals surface area contributed by atoms with E-state index in [1.54, 1.807) is 20.3 Å². The number of fused-ring (bicyclic) bond motifs is 1. The molecule has 2 amide bonds. The van der Waals surface area contributed by atoms with Crippen molar-refractivity contribution < 1.29 is 23.8 Å². The second kappa shape index (κ2) is 11.6. The zero-order valence-corrected chi connectivity index (χ0v) is 21.7. The zero-order valence-electron chi connectivity index (χ0n) is 21.7. The Labute approximate surface area is 222 Å². The van der Waals surface area contributed by atoms with Gasteiger partial charge in [-0.25, -0.2) is 0 Å². The van der Waals surface area contributed by atoms with E-state index in [-0.39, 0.29) is 24.1 Å². The molecule has 198 valence electrons. The first kappa shape index (κ1) is 25.6. The highest BCUT2D eigenvalue weighted by molar-refractivity contribution is 5.99.